The van der Waals surface area contributed by atoms with E-state index in [0.29, 0.717) is 0 Å². The van der Waals surface area contributed by atoms with Crippen LogP contribution in [0.5, 0.6) is 0 Å². The van der Waals surface area contributed by atoms with Gasteiger partial charge in [-0.2, -0.15) is 0 Å². The predicted molar refractivity (Wildman–Crippen MR) is 276 cm³/mol. The van der Waals surface area contributed by atoms with E-state index in [0.717, 1.165) is 27.9 Å². The summed E-state index contributed by atoms with van der Waals surface area (Å²) >= 11 is 1.91. The molecule has 5 heteroatoms. The first-order valence-electron chi connectivity index (χ1n) is 22.4. The van der Waals surface area contributed by atoms with Crippen LogP contribution in [0.1, 0.15) is 0 Å². The monoisotopic (exact) mass is 842 g/mol. The van der Waals surface area contributed by atoms with Gasteiger partial charge in [0.15, 0.2) is 0 Å². The minimum absolute atomic E-state index is 0.180. The summed E-state index contributed by atoms with van der Waals surface area (Å²) in [6, 6.07) is 78.4. The number of aromatic nitrogens is 1. The second-order valence-electron chi connectivity index (χ2n) is 17.5. The van der Waals surface area contributed by atoms with Crippen LogP contribution < -0.4 is 15.7 Å². The van der Waals surface area contributed by atoms with E-state index < -0.39 is 0 Å². The van der Waals surface area contributed by atoms with Gasteiger partial charge in [0, 0.05) is 60.0 Å². The summed E-state index contributed by atoms with van der Waals surface area (Å²) in [7, 11) is 0. The number of para-hydroxylation sites is 1. The second kappa shape index (κ2) is 13.2. The Hall–Kier alpha value is -8.12. The standard InChI is InChI=1S/C60H35BN2OS/c1-4-14-36(15-5-1)39-24-27-42(28-25-39)63-59-46(30-29-44-43-20-11-13-23-54(43)65-60(44)59)56-55-45-21-10-12-22-52(45)64-53(55)35-51-57(56)61(63)49-34-41(38-18-8-3-9-19-38)33-48-47-32-40(37-16-6-2-7-17-37)26-31-50(47)62(51)58(48)49/h1-35H. The Labute approximate surface area is 378 Å². The Kier molecular flexibility index (Phi) is 7.19. The lowest BCUT2D eigenvalue weighted by atomic mass is 9.43. The van der Waals surface area contributed by atoms with E-state index in [-0.39, 0.29) is 6.85 Å². The van der Waals surface area contributed by atoms with Crippen LogP contribution in [0, 0.1) is 0 Å². The number of hydrogen-bond acceptors (Lipinski definition) is 3. The molecule has 0 atom stereocenters. The van der Waals surface area contributed by atoms with Gasteiger partial charge < -0.3 is 13.8 Å². The molecule has 0 N–H and O–H groups in total. The maximum atomic E-state index is 6.94. The molecule has 0 saturated heterocycles. The van der Waals surface area contributed by atoms with Crippen molar-refractivity contribution < 1.29 is 4.42 Å². The average molecular weight is 843 g/mol. The third kappa shape index (κ3) is 4.90. The Balaban J connectivity index is 1.14. The van der Waals surface area contributed by atoms with Gasteiger partial charge in [-0.15, -0.1) is 11.3 Å². The summed E-state index contributed by atoms with van der Waals surface area (Å²) in [5, 5.41) is 7.37. The highest BCUT2D eigenvalue weighted by Gasteiger charge is 2.46. The number of rotatable bonds is 4. The molecular weight excluding hydrogens is 808 g/mol. The fourth-order valence-electron chi connectivity index (χ4n) is 11.4. The van der Waals surface area contributed by atoms with Crippen molar-refractivity contribution in [2.75, 3.05) is 4.81 Å². The molecule has 0 amide bonds. The van der Waals surface area contributed by atoms with Crippen molar-refractivity contribution in [3.63, 3.8) is 0 Å². The van der Waals surface area contributed by atoms with Crippen molar-refractivity contribution >= 4 is 104 Å². The molecule has 10 aromatic carbocycles. The topological polar surface area (TPSA) is 21.3 Å². The number of hydrogen-bond donors (Lipinski definition) is 0. The number of furan rings is 1. The van der Waals surface area contributed by atoms with E-state index >= 15 is 0 Å². The first kappa shape index (κ1) is 35.4. The van der Waals surface area contributed by atoms with Crippen molar-refractivity contribution in [3.05, 3.63) is 212 Å². The number of benzene rings is 10. The molecule has 2 aliphatic rings. The molecular formula is C60H35BN2OS. The van der Waals surface area contributed by atoms with Crippen molar-refractivity contribution in [3.8, 4) is 50.2 Å². The van der Waals surface area contributed by atoms with Crippen molar-refractivity contribution in [2.24, 2.45) is 0 Å². The number of nitrogens with zero attached hydrogens (tertiary/aromatic N) is 2. The Morgan fingerprint density at radius 1 is 0.446 bits per heavy atom. The zero-order chi connectivity index (χ0) is 42.3. The second-order valence-corrected chi connectivity index (χ2v) is 18.6. The molecule has 0 spiro atoms. The van der Waals surface area contributed by atoms with Crippen LogP contribution >= 0.6 is 11.3 Å². The Morgan fingerprint density at radius 3 is 1.85 bits per heavy atom. The Morgan fingerprint density at radius 2 is 1.08 bits per heavy atom. The molecule has 0 unspecified atom stereocenters. The summed E-state index contributed by atoms with van der Waals surface area (Å²) in [6.45, 7) is -0.180. The molecule has 2 aliphatic heterocycles. The molecule has 65 heavy (non-hydrogen) atoms. The molecule has 0 bridgehead atoms. The van der Waals surface area contributed by atoms with Crippen LogP contribution in [0.3, 0.4) is 0 Å². The minimum atomic E-state index is -0.180. The van der Waals surface area contributed by atoms with E-state index in [9.17, 15) is 0 Å². The van der Waals surface area contributed by atoms with Gasteiger partial charge in [0.2, 0.25) is 0 Å². The first-order valence-corrected chi connectivity index (χ1v) is 23.2. The van der Waals surface area contributed by atoms with Gasteiger partial charge in [-0.3, -0.25) is 0 Å². The van der Waals surface area contributed by atoms with Gasteiger partial charge in [0.1, 0.15) is 11.2 Å². The summed E-state index contributed by atoms with van der Waals surface area (Å²) < 4.78 is 12.1. The van der Waals surface area contributed by atoms with Crippen molar-refractivity contribution in [1.29, 1.82) is 0 Å². The van der Waals surface area contributed by atoms with Crippen LogP contribution in [0.2, 0.25) is 0 Å². The molecule has 0 radical (unpaired) electrons. The highest BCUT2D eigenvalue weighted by molar-refractivity contribution is 7.26. The highest BCUT2D eigenvalue weighted by atomic mass is 32.1. The molecule has 3 nitrogen and oxygen atoms in total. The third-order valence-corrected chi connectivity index (χ3v) is 15.3. The highest BCUT2D eigenvalue weighted by Crippen LogP contribution is 2.53. The van der Waals surface area contributed by atoms with E-state index in [1.807, 2.05) is 11.3 Å². The zero-order valence-corrected chi connectivity index (χ0v) is 35.8. The molecule has 0 fully saturated rings. The quantitative estimate of drug-likeness (QED) is 0.165. The van der Waals surface area contributed by atoms with Crippen molar-refractivity contribution in [2.45, 2.75) is 0 Å². The van der Waals surface area contributed by atoms with Crippen LogP contribution in [0.25, 0.3) is 114 Å². The molecule has 300 valence electrons. The summed E-state index contributed by atoms with van der Waals surface area (Å²) in [6.07, 6.45) is 0. The smallest absolute Gasteiger partial charge is 0.333 e. The number of thiophene rings is 1. The molecule has 13 aromatic rings. The number of anilines is 2. The van der Waals surface area contributed by atoms with E-state index in [1.54, 1.807) is 0 Å². The van der Waals surface area contributed by atoms with Crippen LogP contribution in [-0.4, -0.2) is 11.4 Å². The van der Waals surface area contributed by atoms with E-state index in [1.165, 1.54) is 108 Å². The van der Waals surface area contributed by atoms with Crippen LogP contribution in [0.4, 0.5) is 11.4 Å². The van der Waals surface area contributed by atoms with Gasteiger partial charge in [0.05, 0.1) is 21.4 Å². The van der Waals surface area contributed by atoms with E-state index in [2.05, 4.69) is 222 Å². The fourth-order valence-corrected chi connectivity index (χ4v) is 12.6. The number of fused-ring (bicyclic) bond motifs is 15. The maximum Gasteiger partial charge on any atom is 0.333 e. The molecule has 0 aliphatic carbocycles. The van der Waals surface area contributed by atoms with Gasteiger partial charge in [-0.05, 0) is 92.3 Å². The predicted octanol–water partition coefficient (Wildman–Crippen LogP) is 15.3. The van der Waals surface area contributed by atoms with Crippen LogP contribution in [-0.2, 0) is 0 Å². The molecule has 0 saturated carbocycles. The lowest BCUT2D eigenvalue weighted by molar-refractivity contribution is 0.669. The largest absolute Gasteiger partial charge is 0.456 e. The van der Waals surface area contributed by atoms with E-state index in [4.69, 9.17) is 4.42 Å². The average Bonchev–Trinajstić information content (AvgIpc) is 4.05. The lowest BCUT2D eigenvalue weighted by Gasteiger charge is -2.42. The van der Waals surface area contributed by atoms with Crippen molar-refractivity contribution in [1.82, 2.24) is 4.57 Å². The Bertz CT molecular complexity index is 4110. The van der Waals surface area contributed by atoms with Gasteiger partial charge in [0.25, 0.3) is 0 Å². The molecule has 3 aromatic heterocycles. The summed E-state index contributed by atoms with van der Waals surface area (Å²) in [5.41, 5.74) is 20.1. The summed E-state index contributed by atoms with van der Waals surface area (Å²) in [5.74, 6) is 0. The zero-order valence-electron chi connectivity index (χ0n) is 35.0. The lowest BCUT2D eigenvalue weighted by Crippen LogP contribution is -2.60. The van der Waals surface area contributed by atoms with Gasteiger partial charge in [-0.1, -0.05) is 164 Å². The maximum absolute atomic E-state index is 6.94. The molecule has 5 heterocycles. The first-order chi connectivity index (χ1) is 32.2. The molecule has 15 rings (SSSR count). The van der Waals surface area contributed by atoms with Gasteiger partial charge >= 0.3 is 6.85 Å². The summed E-state index contributed by atoms with van der Waals surface area (Å²) in [4.78, 5) is 2.70. The normalized spacial score (nSPS) is 12.9. The fraction of sp³-hybridized carbons (Fsp3) is 0. The minimum Gasteiger partial charge on any atom is -0.456 e. The van der Waals surface area contributed by atoms with Gasteiger partial charge in [-0.25, -0.2) is 0 Å². The third-order valence-electron chi connectivity index (χ3n) is 14.1. The SMILES string of the molecule is c1ccc(-c2ccc(N3B4c5c(cc6oc7ccccc7c6c5-c5ccc6c(sc7ccccc76)c53)-n3c5ccc(-c6ccccc6)cc5c5cc(-c6ccccc6)cc4c53)cc2)cc1. The van der Waals surface area contributed by atoms with Crippen LogP contribution in [0.15, 0.2) is 217 Å².